The molecule has 1 aromatic carbocycles. The summed E-state index contributed by atoms with van der Waals surface area (Å²) in [6.07, 6.45) is 7.10. The summed E-state index contributed by atoms with van der Waals surface area (Å²) in [6.45, 7) is 7.32. The van der Waals surface area contributed by atoms with E-state index in [0.717, 1.165) is 24.8 Å². The van der Waals surface area contributed by atoms with Gasteiger partial charge in [-0.1, -0.05) is 25.1 Å². The summed E-state index contributed by atoms with van der Waals surface area (Å²) < 4.78 is 17.5. The third kappa shape index (κ3) is 4.29. The second-order valence-corrected chi connectivity index (χ2v) is 14.2. The van der Waals surface area contributed by atoms with Gasteiger partial charge in [-0.15, -0.1) is 0 Å². The van der Waals surface area contributed by atoms with Crippen molar-refractivity contribution in [2.45, 2.75) is 89.1 Å². The van der Waals surface area contributed by atoms with Crippen molar-refractivity contribution in [3.63, 3.8) is 0 Å². The highest BCUT2D eigenvalue weighted by molar-refractivity contribution is 5.97. The quantitative estimate of drug-likeness (QED) is 0.416. The van der Waals surface area contributed by atoms with Gasteiger partial charge in [-0.05, 0) is 92.9 Å². The van der Waals surface area contributed by atoms with Crippen LogP contribution < -0.4 is 0 Å². The molecule has 43 heavy (non-hydrogen) atoms. The summed E-state index contributed by atoms with van der Waals surface area (Å²) in [5.74, 6) is 0.599. The number of methoxy groups -OCH3 is 1. The van der Waals surface area contributed by atoms with E-state index < -0.39 is 23.6 Å². The van der Waals surface area contributed by atoms with Crippen LogP contribution in [0.15, 0.2) is 35.9 Å². The van der Waals surface area contributed by atoms with E-state index in [9.17, 15) is 14.4 Å². The smallest absolute Gasteiger partial charge is 0.407 e. The van der Waals surface area contributed by atoms with Crippen LogP contribution >= 0.6 is 0 Å². The Kier molecular flexibility index (Phi) is 6.60. The van der Waals surface area contributed by atoms with E-state index in [4.69, 9.17) is 14.6 Å². The van der Waals surface area contributed by atoms with Crippen LogP contribution in [0, 0.1) is 23.2 Å². The zero-order valence-corrected chi connectivity index (χ0v) is 25.5. The van der Waals surface area contributed by atoms with Gasteiger partial charge in [0, 0.05) is 42.0 Å². The first-order valence-corrected chi connectivity index (χ1v) is 15.8. The van der Waals surface area contributed by atoms with Crippen LogP contribution in [0.1, 0.15) is 76.5 Å². The van der Waals surface area contributed by atoms with E-state index in [-0.39, 0.29) is 23.1 Å². The molecule has 2 saturated carbocycles. The van der Waals surface area contributed by atoms with E-state index in [2.05, 4.69) is 40.9 Å². The SMILES string of the molecule is CC1(C)OC23CCC4(C)C(CCC5Cc6c([nH]c7ccccc67)C54)C2=CC(=O)C1O3.COC(=O)C1CCN(C(=O)O)CC1. The monoisotopic (exact) mass is 590 g/mol. The molecule has 2 N–H and O–H groups in total. The molecular weight excluding hydrogens is 548 g/mol. The lowest BCUT2D eigenvalue weighted by Crippen LogP contribution is -2.54. The number of para-hydroxylation sites is 1. The van der Waals surface area contributed by atoms with E-state index in [1.54, 1.807) is 0 Å². The molecule has 8 rings (SSSR count). The fourth-order valence-corrected chi connectivity index (χ4v) is 9.46. The van der Waals surface area contributed by atoms with Crippen molar-refractivity contribution < 1.29 is 33.7 Å². The zero-order valence-electron chi connectivity index (χ0n) is 25.5. The van der Waals surface area contributed by atoms with Gasteiger partial charge in [0.15, 0.2) is 17.7 Å². The number of fused-ring (bicyclic) bond motifs is 9. The highest BCUT2D eigenvalue weighted by Gasteiger charge is 2.67. The molecule has 6 aliphatic rings. The molecule has 3 aliphatic carbocycles. The normalized spacial score (nSPS) is 35.6. The average Bonchev–Trinajstić information content (AvgIpc) is 3.61. The van der Waals surface area contributed by atoms with Gasteiger partial charge in [0.05, 0.1) is 13.0 Å². The molecule has 1 spiro atoms. The molecule has 6 atom stereocenters. The van der Waals surface area contributed by atoms with Crippen LogP contribution in [0.2, 0.25) is 0 Å². The Bertz CT molecular complexity index is 1520. The number of H-pyrrole nitrogens is 1. The molecule has 4 heterocycles. The number of ketones is 1. The number of rotatable bonds is 1. The van der Waals surface area contributed by atoms with Gasteiger partial charge < -0.3 is 29.2 Å². The Hall–Kier alpha value is -3.17. The first-order chi connectivity index (χ1) is 20.5. The van der Waals surface area contributed by atoms with Crippen LogP contribution in [0.4, 0.5) is 4.79 Å². The van der Waals surface area contributed by atoms with Crippen molar-refractivity contribution in [3.8, 4) is 0 Å². The Labute approximate surface area is 251 Å². The second kappa shape index (κ2) is 9.92. The van der Waals surface area contributed by atoms with Crippen molar-refractivity contribution in [1.29, 1.82) is 0 Å². The number of hydrogen-bond acceptors (Lipinski definition) is 6. The molecule has 9 heteroatoms. The van der Waals surface area contributed by atoms with E-state index in [1.807, 2.05) is 19.9 Å². The fourth-order valence-electron chi connectivity index (χ4n) is 9.46. The first kappa shape index (κ1) is 28.6. The topological polar surface area (TPSA) is 118 Å². The molecule has 2 bridgehead atoms. The number of carbonyl (C=O) groups is 3. The van der Waals surface area contributed by atoms with Crippen LogP contribution in [0.5, 0.6) is 0 Å². The number of hydrogen-bond donors (Lipinski definition) is 2. The number of ether oxygens (including phenoxy) is 3. The van der Waals surface area contributed by atoms with E-state index >= 15 is 0 Å². The Morgan fingerprint density at radius 3 is 2.53 bits per heavy atom. The predicted molar refractivity (Wildman–Crippen MR) is 158 cm³/mol. The van der Waals surface area contributed by atoms with E-state index in [0.29, 0.717) is 43.7 Å². The summed E-state index contributed by atoms with van der Waals surface area (Å²) >= 11 is 0. The molecule has 0 radical (unpaired) electrons. The van der Waals surface area contributed by atoms with Crippen LogP contribution in [-0.4, -0.2) is 70.5 Å². The molecule has 1 aromatic heterocycles. The van der Waals surface area contributed by atoms with Gasteiger partial charge in [0.1, 0.15) is 5.60 Å². The number of aromatic nitrogens is 1. The third-order valence-corrected chi connectivity index (χ3v) is 11.5. The maximum atomic E-state index is 13.0. The molecule has 230 valence electrons. The Morgan fingerprint density at radius 1 is 1.07 bits per heavy atom. The number of carboxylic acid groups (broad SMARTS) is 1. The summed E-state index contributed by atoms with van der Waals surface area (Å²) in [6, 6.07) is 8.74. The van der Waals surface area contributed by atoms with Crippen molar-refractivity contribution in [2.24, 2.45) is 23.2 Å². The van der Waals surface area contributed by atoms with Gasteiger partial charge in [0.2, 0.25) is 0 Å². The molecule has 2 saturated heterocycles. The number of carbonyl (C=O) groups excluding carboxylic acids is 2. The van der Waals surface area contributed by atoms with Gasteiger partial charge >= 0.3 is 12.1 Å². The number of likely N-dealkylation sites (tertiary alicyclic amines) is 1. The number of piperidine rings is 1. The maximum absolute atomic E-state index is 13.0. The minimum atomic E-state index is -0.914. The number of esters is 1. The van der Waals surface area contributed by atoms with Crippen LogP contribution in [0.25, 0.3) is 10.9 Å². The molecule has 9 nitrogen and oxygen atoms in total. The number of amides is 1. The number of nitrogens with zero attached hydrogens (tertiary/aromatic N) is 1. The van der Waals surface area contributed by atoms with Gasteiger partial charge in [0.25, 0.3) is 0 Å². The van der Waals surface area contributed by atoms with Gasteiger partial charge in [-0.2, -0.15) is 0 Å². The standard InChI is InChI=1S/C26H29NO3.C8H13NO4/c1-24(2)23-20(28)13-18-17-9-8-14-12-16-15-6-4-5-7-19(15)27-22(16)21(14)25(17,3)10-11-26(18,29-23)30-24;1-13-7(10)6-2-4-9(5-3-6)8(11)12/h4-7,13-14,17,21,23,27H,8-12H2,1-3H3;6H,2-5H2,1H3,(H,11,12). The van der Waals surface area contributed by atoms with E-state index in [1.165, 1.54) is 47.0 Å². The van der Waals surface area contributed by atoms with Crippen LogP contribution in [-0.2, 0) is 30.2 Å². The number of benzene rings is 1. The van der Waals surface area contributed by atoms with Crippen LogP contribution in [0.3, 0.4) is 0 Å². The molecule has 6 unspecified atom stereocenters. The Morgan fingerprint density at radius 2 is 1.81 bits per heavy atom. The first-order valence-electron chi connectivity index (χ1n) is 15.8. The largest absolute Gasteiger partial charge is 0.469 e. The average molecular weight is 591 g/mol. The summed E-state index contributed by atoms with van der Waals surface area (Å²) in [5.41, 5.74) is 4.95. The molecule has 2 aromatic rings. The van der Waals surface area contributed by atoms with Gasteiger partial charge in [-0.25, -0.2) is 4.79 Å². The molecular formula is C34H42N2O7. The fraction of sp³-hybridized carbons (Fsp3) is 0.618. The van der Waals surface area contributed by atoms with Crippen molar-refractivity contribution >= 4 is 28.7 Å². The lowest BCUT2D eigenvalue weighted by Gasteiger charge is -2.57. The summed E-state index contributed by atoms with van der Waals surface area (Å²) in [5, 5.41) is 10.0. The third-order valence-electron chi connectivity index (χ3n) is 11.5. The molecule has 1 amide bonds. The minimum Gasteiger partial charge on any atom is -0.469 e. The van der Waals surface area contributed by atoms with Crippen molar-refractivity contribution in [2.75, 3.05) is 20.2 Å². The maximum Gasteiger partial charge on any atom is 0.407 e. The molecule has 4 fully saturated rings. The lowest BCUT2D eigenvalue weighted by molar-refractivity contribution is -0.199. The van der Waals surface area contributed by atoms with Gasteiger partial charge in [-0.3, -0.25) is 9.59 Å². The zero-order chi connectivity index (χ0) is 30.3. The summed E-state index contributed by atoms with van der Waals surface area (Å²) in [4.78, 5) is 39.6. The number of nitrogens with one attached hydrogen (secondary N) is 1. The number of aromatic amines is 1. The molecule has 3 aliphatic heterocycles. The predicted octanol–water partition coefficient (Wildman–Crippen LogP) is 5.58. The lowest BCUT2D eigenvalue weighted by atomic mass is 9.50. The summed E-state index contributed by atoms with van der Waals surface area (Å²) in [7, 11) is 1.35. The Balaban J connectivity index is 0.000000196. The minimum absolute atomic E-state index is 0.0900. The van der Waals surface area contributed by atoms with Crippen molar-refractivity contribution in [1.82, 2.24) is 9.88 Å². The second-order valence-electron chi connectivity index (χ2n) is 14.2. The highest BCUT2D eigenvalue weighted by Crippen LogP contribution is 2.68. The van der Waals surface area contributed by atoms with Crippen molar-refractivity contribution in [3.05, 3.63) is 47.2 Å². The highest BCUT2D eigenvalue weighted by atomic mass is 16.8.